The molecule has 0 radical (unpaired) electrons. The minimum atomic E-state index is -0.848. The highest BCUT2D eigenvalue weighted by atomic mass is 19.1. The lowest BCUT2D eigenvalue weighted by molar-refractivity contribution is 0.584. The number of anilines is 2. The van der Waals surface area contributed by atoms with Gasteiger partial charge in [0.25, 0.3) is 0 Å². The van der Waals surface area contributed by atoms with Crippen molar-refractivity contribution < 1.29 is 13.2 Å². The molecule has 166 valence electrons. The van der Waals surface area contributed by atoms with Gasteiger partial charge >= 0.3 is 0 Å². The second-order valence-corrected chi connectivity index (χ2v) is 7.38. The first-order valence-corrected chi connectivity index (χ1v) is 9.84. The van der Waals surface area contributed by atoms with Gasteiger partial charge in [0.05, 0.1) is 5.52 Å². The van der Waals surface area contributed by atoms with Gasteiger partial charge in [0.1, 0.15) is 47.0 Å². The number of aromatic nitrogens is 3. The molecule has 0 spiro atoms. The molecule has 33 heavy (non-hydrogen) atoms. The molecule has 2 aromatic heterocycles. The van der Waals surface area contributed by atoms with E-state index in [4.69, 9.17) is 5.73 Å². The van der Waals surface area contributed by atoms with Gasteiger partial charge in [0.2, 0.25) is 0 Å². The molecule has 0 aliphatic heterocycles. The van der Waals surface area contributed by atoms with Crippen LogP contribution in [-0.2, 0) is 6.42 Å². The Balaban J connectivity index is 1.82. The van der Waals surface area contributed by atoms with Crippen LogP contribution < -0.4 is 16.5 Å². The summed E-state index contributed by atoms with van der Waals surface area (Å²) < 4.78 is 41.9. The molecule has 10 heteroatoms. The Hall–Kier alpha value is -4.39. The number of H-pyrrole nitrogens is 1. The van der Waals surface area contributed by atoms with Gasteiger partial charge < -0.3 is 16.0 Å². The minimum Gasteiger partial charge on any atom is -0.382 e. The largest absolute Gasteiger partial charge is 0.382 e. The van der Waals surface area contributed by atoms with Gasteiger partial charge in [0.15, 0.2) is 5.43 Å². The van der Waals surface area contributed by atoms with Crippen molar-refractivity contribution in [2.45, 2.75) is 13.3 Å². The number of nitrogens with zero attached hydrogens (tertiary/aromatic N) is 3. The zero-order valence-corrected chi connectivity index (χ0v) is 17.3. The highest BCUT2D eigenvalue weighted by Crippen LogP contribution is 2.26. The second-order valence-electron chi connectivity index (χ2n) is 7.38. The van der Waals surface area contributed by atoms with Crippen molar-refractivity contribution in [3.05, 3.63) is 81.2 Å². The third-order valence-corrected chi connectivity index (χ3v) is 5.16. The second kappa shape index (κ2) is 8.63. The van der Waals surface area contributed by atoms with E-state index in [0.29, 0.717) is 22.8 Å². The number of benzene rings is 2. The number of halogens is 3. The Labute approximate surface area is 185 Å². The molecule has 4 rings (SSSR count). The van der Waals surface area contributed by atoms with E-state index in [9.17, 15) is 23.2 Å². The fourth-order valence-corrected chi connectivity index (χ4v) is 3.71. The third-order valence-electron chi connectivity index (χ3n) is 5.16. The number of nitrogen functional groups attached to an aromatic ring is 1. The molecule has 2 heterocycles. The summed E-state index contributed by atoms with van der Waals surface area (Å²) in [5.74, 6) is -2.06. The molecule has 2 aromatic carbocycles. The van der Waals surface area contributed by atoms with Crippen LogP contribution in [0.1, 0.15) is 16.8 Å². The van der Waals surface area contributed by atoms with Crippen LogP contribution in [0.5, 0.6) is 0 Å². The summed E-state index contributed by atoms with van der Waals surface area (Å²) in [6.45, 7) is 1.84. The number of fused-ring (bicyclic) bond motifs is 1. The average Bonchev–Trinajstić information content (AvgIpc) is 2.74. The molecular weight excluding hydrogens is 433 g/mol. The number of aryl methyl sites for hydroxylation is 1. The molecule has 0 saturated carbocycles. The highest BCUT2D eigenvalue weighted by molar-refractivity contribution is 5.87. The Morgan fingerprint density at radius 2 is 1.79 bits per heavy atom. The summed E-state index contributed by atoms with van der Waals surface area (Å²) in [6, 6.07) is 7.08. The molecular formula is C23H17F3N6O. The Morgan fingerprint density at radius 3 is 2.48 bits per heavy atom. The van der Waals surface area contributed by atoms with Gasteiger partial charge in [-0.2, -0.15) is 5.26 Å². The van der Waals surface area contributed by atoms with Crippen LogP contribution in [-0.4, -0.2) is 21.5 Å². The van der Waals surface area contributed by atoms with Crippen molar-refractivity contribution in [2.24, 2.45) is 0 Å². The normalized spacial score (nSPS) is 10.9. The Kier molecular flexibility index (Phi) is 5.70. The SMILES string of the molecule is Cc1cc(F)cc2c(=O)c(-c3cc(F)cc(F)c3)c(CCNc3ncnc(N)c3C#N)[nH]c12. The summed E-state index contributed by atoms with van der Waals surface area (Å²) in [4.78, 5) is 24.2. The monoisotopic (exact) mass is 450 g/mol. The van der Waals surface area contributed by atoms with Crippen molar-refractivity contribution in [1.82, 2.24) is 15.0 Å². The number of nitrogens with two attached hydrogens (primary N) is 1. The van der Waals surface area contributed by atoms with Crippen LogP contribution in [0, 0.1) is 35.7 Å². The van der Waals surface area contributed by atoms with Crippen LogP contribution >= 0.6 is 0 Å². The molecule has 0 atom stereocenters. The molecule has 7 nitrogen and oxygen atoms in total. The van der Waals surface area contributed by atoms with Crippen molar-refractivity contribution in [3.8, 4) is 17.2 Å². The lowest BCUT2D eigenvalue weighted by atomic mass is 9.97. The summed E-state index contributed by atoms with van der Waals surface area (Å²) in [7, 11) is 0. The average molecular weight is 450 g/mol. The molecule has 0 saturated heterocycles. The zero-order valence-electron chi connectivity index (χ0n) is 17.3. The molecule has 0 amide bonds. The Bertz CT molecular complexity index is 1470. The smallest absolute Gasteiger partial charge is 0.197 e. The van der Waals surface area contributed by atoms with Gasteiger partial charge in [-0.25, -0.2) is 23.1 Å². The summed E-state index contributed by atoms with van der Waals surface area (Å²) >= 11 is 0. The third kappa shape index (κ3) is 4.21. The van der Waals surface area contributed by atoms with Crippen molar-refractivity contribution in [2.75, 3.05) is 17.6 Å². The number of rotatable bonds is 5. The predicted molar refractivity (Wildman–Crippen MR) is 118 cm³/mol. The lowest BCUT2D eigenvalue weighted by Crippen LogP contribution is -2.16. The molecule has 0 aliphatic rings. The first kappa shape index (κ1) is 21.8. The van der Waals surface area contributed by atoms with E-state index in [-0.39, 0.29) is 46.7 Å². The van der Waals surface area contributed by atoms with E-state index < -0.39 is 22.9 Å². The summed E-state index contributed by atoms with van der Waals surface area (Å²) in [5, 5.41) is 12.3. The van der Waals surface area contributed by atoms with Crippen molar-refractivity contribution >= 4 is 22.5 Å². The fourth-order valence-electron chi connectivity index (χ4n) is 3.71. The van der Waals surface area contributed by atoms with Gasteiger partial charge in [-0.1, -0.05) is 0 Å². The van der Waals surface area contributed by atoms with Crippen LogP contribution in [0.3, 0.4) is 0 Å². The van der Waals surface area contributed by atoms with Gasteiger partial charge in [0, 0.05) is 35.7 Å². The topological polar surface area (TPSA) is 120 Å². The lowest BCUT2D eigenvalue weighted by Gasteiger charge is -2.14. The van der Waals surface area contributed by atoms with E-state index in [2.05, 4.69) is 20.3 Å². The molecule has 0 fully saturated rings. The van der Waals surface area contributed by atoms with E-state index in [0.717, 1.165) is 18.2 Å². The molecule has 0 unspecified atom stereocenters. The van der Waals surface area contributed by atoms with Crippen LogP contribution in [0.15, 0.2) is 41.5 Å². The molecule has 4 aromatic rings. The maximum Gasteiger partial charge on any atom is 0.197 e. The van der Waals surface area contributed by atoms with Gasteiger partial charge in [-0.15, -0.1) is 0 Å². The van der Waals surface area contributed by atoms with E-state index >= 15 is 0 Å². The first-order valence-electron chi connectivity index (χ1n) is 9.84. The zero-order chi connectivity index (χ0) is 23.7. The number of hydrogen-bond acceptors (Lipinski definition) is 6. The predicted octanol–water partition coefficient (Wildman–Crippen LogP) is 3.82. The van der Waals surface area contributed by atoms with Gasteiger partial charge in [-0.05, 0) is 42.3 Å². The maximum atomic E-state index is 14.0. The number of pyridine rings is 1. The molecule has 0 aliphatic carbocycles. The maximum absolute atomic E-state index is 14.0. The van der Waals surface area contributed by atoms with E-state index in [1.54, 1.807) is 6.92 Å². The molecule has 4 N–H and O–H groups in total. The minimum absolute atomic E-state index is 0.0164. The van der Waals surface area contributed by atoms with Crippen LogP contribution in [0.2, 0.25) is 0 Å². The van der Waals surface area contributed by atoms with Crippen LogP contribution in [0.4, 0.5) is 24.8 Å². The van der Waals surface area contributed by atoms with E-state index in [1.807, 2.05) is 6.07 Å². The summed E-state index contributed by atoms with van der Waals surface area (Å²) in [6.07, 6.45) is 1.39. The molecule has 0 bridgehead atoms. The summed E-state index contributed by atoms with van der Waals surface area (Å²) in [5.41, 5.74) is 6.55. The quantitative estimate of drug-likeness (QED) is 0.425. The highest BCUT2D eigenvalue weighted by Gasteiger charge is 2.18. The standard InChI is InChI=1S/C23H17F3N6O/c1-11-4-13(24)8-16-20(11)32-18(2-3-29-23-17(9-27)22(28)30-10-31-23)19(21(16)33)12-5-14(25)7-15(26)6-12/h4-8,10H,2-3H2,1H3,(H,32,33)(H3,28,29,30,31). The Morgan fingerprint density at radius 1 is 1.09 bits per heavy atom. The van der Waals surface area contributed by atoms with Crippen molar-refractivity contribution in [3.63, 3.8) is 0 Å². The number of hydrogen-bond donors (Lipinski definition) is 3. The number of nitrogens with one attached hydrogen (secondary N) is 2. The fraction of sp³-hybridized carbons (Fsp3) is 0.130. The number of aromatic amines is 1. The van der Waals surface area contributed by atoms with Crippen LogP contribution in [0.25, 0.3) is 22.0 Å². The number of nitriles is 1. The van der Waals surface area contributed by atoms with Crippen molar-refractivity contribution in [1.29, 1.82) is 5.26 Å². The van der Waals surface area contributed by atoms with Gasteiger partial charge in [-0.3, -0.25) is 4.79 Å². The van der Waals surface area contributed by atoms with E-state index in [1.165, 1.54) is 12.4 Å². The first-order chi connectivity index (χ1) is 15.8.